The van der Waals surface area contributed by atoms with Crippen LogP contribution < -0.4 is 10.2 Å². The van der Waals surface area contributed by atoms with Crippen molar-refractivity contribution < 1.29 is 14.6 Å². The van der Waals surface area contributed by atoms with Crippen LogP contribution in [-0.4, -0.2) is 25.0 Å². The van der Waals surface area contributed by atoms with Gasteiger partial charge in [0.1, 0.15) is 5.75 Å². The molecule has 0 unspecified atom stereocenters. The normalized spacial score (nSPS) is 19.8. The first-order chi connectivity index (χ1) is 10.2. The molecule has 0 aromatic heterocycles. The molecule has 1 saturated carbocycles. The van der Waals surface area contributed by atoms with Crippen molar-refractivity contribution in [3.05, 3.63) is 24.3 Å². The summed E-state index contributed by atoms with van der Waals surface area (Å²) in [4.78, 5) is 10.5. The van der Waals surface area contributed by atoms with Gasteiger partial charge >= 0.3 is 5.97 Å². The fourth-order valence-corrected chi connectivity index (χ4v) is 3.52. The molecule has 0 spiro atoms. The molecule has 120 valence electrons. The van der Waals surface area contributed by atoms with Gasteiger partial charge in [-0.25, -0.2) is 0 Å². The molecule has 0 bridgehead atoms. The Hall–Kier alpha value is -1.45. The summed E-state index contributed by atoms with van der Waals surface area (Å²) in [7, 11) is 1.11. The predicted octanol–water partition coefficient (Wildman–Crippen LogP) is 3.24. The highest BCUT2D eigenvalue weighted by molar-refractivity contribution is 6.55. The van der Waals surface area contributed by atoms with E-state index < -0.39 is 5.97 Å². The molecule has 1 aromatic rings. The van der Waals surface area contributed by atoms with Crippen molar-refractivity contribution in [1.82, 2.24) is 0 Å². The van der Waals surface area contributed by atoms with E-state index in [0.29, 0.717) is 10.8 Å². The van der Waals surface area contributed by atoms with Gasteiger partial charge in [0.15, 0.2) is 7.28 Å². The van der Waals surface area contributed by atoms with Crippen molar-refractivity contribution in [1.29, 1.82) is 0 Å². The molecule has 0 radical (unpaired) electrons. The Kier molecular flexibility index (Phi) is 4.88. The Morgan fingerprint density at radius 1 is 1.18 bits per heavy atom. The minimum absolute atomic E-state index is 0.0357. The quantitative estimate of drug-likeness (QED) is 0.821. The topological polar surface area (TPSA) is 46.5 Å². The lowest BCUT2D eigenvalue weighted by Crippen LogP contribution is -2.25. The Morgan fingerprint density at radius 2 is 1.73 bits per heavy atom. The first kappa shape index (κ1) is 16.9. The van der Waals surface area contributed by atoms with Crippen molar-refractivity contribution >= 4 is 18.7 Å². The number of carboxylic acid groups (broad SMARTS) is 1. The van der Waals surface area contributed by atoms with Gasteiger partial charge in [0.2, 0.25) is 0 Å². The van der Waals surface area contributed by atoms with Crippen molar-refractivity contribution in [3.8, 4) is 5.75 Å². The minimum Gasteiger partial charge on any atom is -0.493 e. The Balaban J connectivity index is 1.88. The number of ether oxygens (including phenoxy) is 1. The van der Waals surface area contributed by atoms with E-state index in [-0.39, 0.29) is 13.0 Å². The number of carboxylic acids is 1. The summed E-state index contributed by atoms with van der Waals surface area (Å²) in [6.07, 6.45) is 2.59. The zero-order chi connectivity index (χ0) is 16.4. The van der Waals surface area contributed by atoms with Crippen LogP contribution in [0.2, 0.25) is 5.82 Å². The summed E-state index contributed by atoms with van der Waals surface area (Å²) in [6.45, 7) is 9.75. The van der Waals surface area contributed by atoms with Crippen LogP contribution in [0.4, 0.5) is 0 Å². The molecule has 1 N–H and O–H groups in total. The molecule has 0 heterocycles. The highest BCUT2D eigenvalue weighted by atomic mass is 16.5. The average molecular weight is 302 g/mol. The van der Waals surface area contributed by atoms with Crippen LogP contribution >= 0.6 is 0 Å². The Labute approximate surface area is 134 Å². The van der Waals surface area contributed by atoms with E-state index in [0.717, 1.165) is 18.8 Å². The summed E-state index contributed by atoms with van der Waals surface area (Å²) in [5.74, 6) is 0.656. The third kappa shape index (κ3) is 4.05. The second kappa shape index (κ2) is 6.35. The summed E-state index contributed by atoms with van der Waals surface area (Å²) < 4.78 is 5.43. The summed E-state index contributed by atoms with van der Waals surface area (Å²) in [6, 6.07) is 8.10. The minimum atomic E-state index is -0.830. The summed E-state index contributed by atoms with van der Waals surface area (Å²) in [5.41, 5.74) is 2.14. The van der Waals surface area contributed by atoms with E-state index in [1.165, 1.54) is 18.3 Å². The number of hydrogen-bond acceptors (Lipinski definition) is 2. The van der Waals surface area contributed by atoms with Crippen molar-refractivity contribution in [2.24, 2.45) is 10.8 Å². The second-order valence-corrected chi connectivity index (χ2v) is 7.88. The monoisotopic (exact) mass is 302 g/mol. The number of rotatable bonds is 6. The van der Waals surface area contributed by atoms with Crippen LogP contribution in [0.5, 0.6) is 5.75 Å². The third-order valence-electron chi connectivity index (χ3n) is 5.46. The molecular weight excluding hydrogens is 275 g/mol. The predicted molar refractivity (Wildman–Crippen MR) is 91.5 cm³/mol. The maximum Gasteiger partial charge on any atom is 0.306 e. The molecule has 2 rings (SSSR count). The lowest BCUT2D eigenvalue weighted by atomic mass is 9.57. The highest BCUT2D eigenvalue weighted by Crippen LogP contribution is 2.56. The number of aliphatic carboxylic acids is 1. The molecule has 4 heteroatoms. The molecule has 22 heavy (non-hydrogen) atoms. The van der Waals surface area contributed by atoms with Gasteiger partial charge in [-0.3, -0.25) is 4.79 Å². The SMILES string of the molecule is CC1(C)CC(Bc2ccc(OCCC(=O)O)cc2)CC1(C)C. The van der Waals surface area contributed by atoms with Crippen molar-refractivity contribution in [3.63, 3.8) is 0 Å². The second-order valence-electron chi connectivity index (χ2n) is 7.88. The molecule has 1 aliphatic carbocycles. The standard InChI is InChI=1S/C18H27BO3/c1-17(2)11-14(12-18(17,3)4)19-13-5-7-15(8-6-13)22-10-9-16(20)21/h5-8,14,19H,9-12H2,1-4H3,(H,20,21). The van der Waals surface area contributed by atoms with E-state index in [9.17, 15) is 4.79 Å². The van der Waals surface area contributed by atoms with Gasteiger partial charge < -0.3 is 9.84 Å². The zero-order valence-electron chi connectivity index (χ0n) is 14.2. The fourth-order valence-electron chi connectivity index (χ4n) is 3.52. The van der Waals surface area contributed by atoms with Gasteiger partial charge in [-0.05, 0) is 23.0 Å². The highest BCUT2D eigenvalue weighted by Gasteiger charge is 2.45. The maximum atomic E-state index is 10.5. The molecule has 0 aliphatic heterocycles. The zero-order valence-corrected chi connectivity index (χ0v) is 14.2. The van der Waals surface area contributed by atoms with Gasteiger partial charge in [0.05, 0.1) is 13.0 Å². The van der Waals surface area contributed by atoms with Crippen LogP contribution in [0.25, 0.3) is 0 Å². The van der Waals surface area contributed by atoms with Gasteiger partial charge in [-0.2, -0.15) is 0 Å². The molecule has 1 aromatic carbocycles. The van der Waals surface area contributed by atoms with Crippen molar-refractivity contribution in [2.45, 2.75) is 52.8 Å². The first-order valence-electron chi connectivity index (χ1n) is 8.13. The molecule has 1 fully saturated rings. The molecular formula is C18H27BO3. The Morgan fingerprint density at radius 3 is 2.23 bits per heavy atom. The number of carbonyl (C=O) groups is 1. The summed E-state index contributed by atoms with van der Waals surface area (Å²) in [5, 5.41) is 8.60. The van der Waals surface area contributed by atoms with Gasteiger partial charge in [-0.15, -0.1) is 0 Å². The van der Waals surface area contributed by atoms with Crippen LogP contribution in [0.15, 0.2) is 24.3 Å². The van der Waals surface area contributed by atoms with E-state index in [4.69, 9.17) is 9.84 Å². The molecule has 0 amide bonds. The van der Waals surface area contributed by atoms with Crippen LogP contribution in [0.3, 0.4) is 0 Å². The van der Waals surface area contributed by atoms with E-state index in [1.54, 1.807) is 0 Å². The fraction of sp³-hybridized carbons (Fsp3) is 0.611. The smallest absolute Gasteiger partial charge is 0.306 e. The van der Waals surface area contributed by atoms with E-state index >= 15 is 0 Å². The van der Waals surface area contributed by atoms with Gasteiger partial charge in [0, 0.05) is 0 Å². The lowest BCUT2D eigenvalue weighted by Gasteiger charge is -2.34. The number of benzene rings is 1. The summed E-state index contributed by atoms with van der Waals surface area (Å²) >= 11 is 0. The largest absolute Gasteiger partial charge is 0.493 e. The molecule has 0 saturated heterocycles. The van der Waals surface area contributed by atoms with E-state index in [2.05, 4.69) is 39.8 Å². The first-order valence-corrected chi connectivity index (χ1v) is 8.13. The van der Waals surface area contributed by atoms with Gasteiger partial charge in [0.25, 0.3) is 0 Å². The number of hydrogen-bond donors (Lipinski definition) is 1. The average Bonchev–Trinajstić information content (AvgIpc) is 2.59. The van der Waals surface area contributed by atoms with Crippen molar-refractivity contribution in [2.75, 3.05) is 6.61 Å². The lowest BCUT2D eigenvalue weighted by molar-refractivity contribution is -0.137. The van der Waals surface area contributed by atoms with E-state index in [1.807, 2.05) is 12.1 Å². The maximum absolute atomic E-state index is 10.5. The molecule has 0 atom stereocenters. The van der Waals surface area contributed by atoms with Crippen LogP contribution in [-0.2, 0) is 4.79 Å². The van der Waals surface area contributed by atoms with Crippen LogP contribution in [0, 0.1) is 10.8 Å². The third-order valence-corrected chi connectivity index (χ3v) is 5.46. The molecule has 3 nitrogen and oxygen atoms in total. The van der Waals surface area contributed by atoms with Crippen LogP contribution in [0.1, 0.15) is 47.0 Å². The molecule has 1 aliphatic rings. The Bertz CT molecular complexity index is 504. The van der Waals surface area contributed by atoms with Gasteiger partial charge in [-0.1, -0.05) is 63.9 Å².